The number of anilines is 1. The van der Waals surface area contributed by atoms with Crippen molar-refractivity contribution in [2.75, 3.05) is 11.5 Å². The molecule has 158 valence electrons. The highest BCUT2D eigenvalue weighted by Crippen LogP contribution is 2.32. The molecule has 0 radical (unpaired) electrons. The number of hydrogen-bond donors (Lipinski definition) is 1. The Morgan fingerprint density at radius 1 is 1.12 bits per heavy atom. The topological polar surface area (TPSA) is 75.7 Å². The van der Waals surface area contributed by atoms with Crippen LogP contribution in [0.5, 0.6) is 5.75 Å². The number of terminal acetylenes is 1. The number of fused-ring (bicyclic) bond motifs is 1. The van der Waals surface area contributed by atoms with Gasteiger partial charge in [0.25, 0.3) is 11.8 Å². The molecule has 6 nitrogen and oxygen atoms in total. The highest BCUT2D eigenvalue weighted by atomic mass is 35.5. The zero-order valence-electron chi connectivity index (χ0n) is 17.0. The van der Waals surface area contributed by atoms with Crippen LogP contribution in [0.2, 0.25) is 5.02 Å². The number of hydrogen-bond acceptors (Lipinski definition) is 4. The standard InChI is InChI=1S/C25H17ClN2O4/c1-3-12-32-22-11-9-16-6-4-5-7-18(16)19(22)14-20-23(29)27-25(31)28(24(20)30)17-10-8-15(2)21(26)13-17/h1,4-11,13-14H,12H2,2H3,(H,27,29,31)/b20-14+. The molecule has 3 aromatic rings. The van der Waals surface area contributed by atoms with E-state index in [1.165, 1.54) is 12.1 Å². The van der Waals surface area contributed by atoms with E-state index >= 15 is 0 Å². The maximum atomic E-state index is 13.3. The Kier molecular flexibility index (Phi) is 5.67. The number of nitrogens with one attached hydrogen (secondary N) is 1. The number of rotatable bonds is 4. The van der Waals surface area contributed by atoms with Crippen molar-refractivity contribution in [1.82, 2.24) is 5.32 Å². The van der Waals surface area contributed by atoms with E-state index < -0.39 is 17.8 Å². The number of aryl methyl sites for hydroxylation is 1. The second-order valence-electron chi connectivity index (χ2n) is 7.08. The molecule has 1 saturated heterocycles. The first-order chi connectivity index (χ1) is 15.4. The van der Waals surface area contributed by atoms with Gasteiger partial charge in [0.05, 0.1) is 5.69 Å². The van der Waals surface area contributed by atoms with Gasteiger partial charge in [0, 0.05) is 10.6 Å². The lowest BCUT2D eigenvalue weighted by Gasteiger charge is -2.27. The fourth-order valence-corrected chi connectivity index (χ4v) is 3.60. The van der Waals surface area contributed by atoms with E-state index in [0.717, 1.165) is 21.2 Å². The molecule has 1 aliphatic heterocycles. The Hall–Kier alpha value is -4.08. The minimum atomic E-state index is -0.848. The summed E-state index contributed by atoms with van der Waals surface area (Å²) in [5, 5.41) is 4.25. The Morgan fingerprint density at radius 3 is 2.66 bits per heavy atom. The first-order valence-corrected chi connectivity index (χ1v) is 10.0. The number of carbonyl (C=O) groups is 3. The molecular formula is C25H17ClN2O4. The van der Waals surface area contributed by atoms with Crippen LogP contribution in [0.15, 0.2) is 60.2 Å². The second-order valence-corrected chi connectivity index (χ2v) is 7.49. The molecule has 0 unspecified atom stereocenters. The molecule has 0 atom stereocenters. The molecule has 1 fully saturated rings. The van der Waals surface area contributed by atoms with Gasteiger partial charge in [-0.15, -0.1) is 6.42 Å². The van der Waals surface area contributed by atoms with Gasteiger partial charge in [0.15, 0.2) is 0 Å². The Balaban J connectivity index is 1.86. The molecule has 1 heterocycles. The van der Waals surface area contributed by atoms with Gasteiger partial charge in [-0.25, -0.2) is 9.69 Å². The van der Waals surface area contributed by atoms with Crippen molar-refractivity contribution in [2.45, 2.75) is 6.92 Å². The van der Waals surface area contributed by atoms with E-state index in [4.69, 9.17) is 22.8 Å². The summed E-state index contributed by atoms with van der Waals surface area (Å²) in [6, 6.07) is 15.0. The monoisotopic (exact) mass is 444 g/mol. The van der Waals surface area contributed by atoms with Crippen molar-refractivity contribution in [3.05, 3.63) is 76.3 Å². The highest BCUT2D eigenvalue weighted by molar-refractivity contribution is 6.40. The summed E-state index contributed by atoms with van der Waals surface area (Å²) in [6.45, 7) is 1.82. The lowest BCUT2D eigenvalue weighted by atomic mass is 9.99. The van der Waals surface area contributed by atoms with Gasteiger partial charge in [-0.3, -0.25) is 14.9 Å². The molecule has 32 heavy (non-hydrogen) atoms. The summed E-state index contributed by atoms with van der Waals surface area (Å²) in [6.07, 6.45) is 6.74. The largest absolute Gasteiger partial charge is 0.480 e. The molecule has 0 saturated carbocycles. The zero-order valence-corrected chi connectivity index (χ0v) is 17.8. The van der Waals surface area contributed by atoms with Crippen LogP contribution in [0, 0.1) is 19.3 Å². The molecule has 1 aliphatic rings. The predicted octanol–water partition coefficient (Wildman–Crippen LogP) is 4.48. The first-order valence-electron chi connectivity index (χ1n) is 9.66. The summed E-state index contributed by atoms with van der Waals surface area (Å²) >= 11 is 6.17. The van der Waals surface area contributed by atoms with Crippen molar-refractivity contribution in [2.24, 2.45) is 0 Å². The van der Waals surface area contributed by atoms with E-state index in [2.05, 4.69) is 11.2 Å². The van der Waals surface area contributed by atoms with E-state index in [9.17, 15) is 14.4 Å². The summed E-state index contributed by atoms with van der Waals surface area (Å²) in [7, 11) is 0. The number of carbonyl (C=O) groups excluding carboxylic acids is 3. The molecule has 3 aromatic carbocycles. The summed E-state index contributed by atoms with van der Waals surface area (Å²) in [5.41, 5.74) is 1.33. The number of ether oxygens (including phenoxy) is 1. The zero-order chi connectivity index (χ0) is 22.8. The third-order valence-corrected chi connectivity index (χ3v) is 5.45. The number of halogens is 1. The summed E-state index contributed by atoms with van der Waals surface area (Å²) in [5.74, 6) is 1.25. The fraction of sp³-hybridized carbons (Fsp3) is 0.0800. The van der Waals surface area contributed by atoms with E-state index in [1.54, 1.807) is 25.1 Å². The molecule has 0 aromatic heterocycles. The maximum absolute atomic E-state index is 13.3. The number of urea groups is 1. The predicted molar refractivity (Wildman–Crippen MR) is 123 cm³/mol. The normalized spacial score (nSPS) is 15.1. The molecule has 4 amide bonds. The lowest BCUT2D eigenvalue weighted by Crippen LogP contribution is -2.54. The number of nitrogens with zero attached hydrogens (tertiary/aromatic N) is 1. The van der Waals surface area contributed by atoms with Gasteiger partial charge in [-0.05, 0) is 47.5 Å². The van der Waals surface area contributed by atoms with E-state index in [0.29, 0.717) is 16.3 Å². The van der Waals surface area contributed by atoms with Crippen LogP contribution >= 0.6 is 11.6 Å². The second kappa shape index (κ2) is 8.58. The summed E-state index contributed by atoms with van der Waals surface area (Å²) < 4.78 is 5.65. The van der Waals surface area contributed by atoms with Crippen LogP contribution in [0.1, 0.15) is 11.1 Å². The van der Waals surface area contributed by atoms with Crippen LogP contribution in [-0.4, -0.2) is 24.5 Å². The van der Waals surface area contributed by atoms with Crippen LogP contribution in [0.3, 0.4) is 0 Å². The van der Waals surface area contributed by atoms with Crippen LogP contribution in [0.4, 0.5) is 10.5 Å². The van der Waals surface area contributed by atoms with Crippen molar-refractivity contribution in [3.63, 3.8) is 0 Å². The Labute approximate surface area is 189 Å². The van der Waals surface area contributed by atoms with E-state index in [-0.39, 0.29) is 17.9 Å². The molecule has 1 N–H and O–H groups in total. The highest BCUT2D eigenvalue weighted by Gasteiger charge is 2.37. The molecule has 4 rings (SSSR count). The molecule has 7 heteroatoms. The lowest BCUT2D eigenvalue weighted by molar-refractivity contribution is -0.122. The third kappa shape index (κ3) is 3.82. The third-order valence-electron chi connectivity index (χ3n) is 5.05. The van der Waals surface area contributed by atoms with Crippen LogP contribution < -0.4 is 15.0 Å². The van der Waals surface area contributed by atoms with Crippen LogP contribution in [-0.2, 0) is 9.59 Å². The van der Waals surface area contributed by atoms with Gasteiger partial charge in [-0.1, -0.05) is 53.9 Å². The quantitative estimate of drug-likeness (QED) is 0.365. The van der Waals surface area contributed by atoms with Gasteiger partial charge >= 0.3 is 6.03 Å². The van der Waals surface area contributed by atoms with Gasteiger partial charge in [0.2, 0.25) is 0 Å². The average molecular weight is 445 g/mol. The minimum absolute atomic E-state index is 0.0150. The van der Waals surface area contributed by atoms with Crippen molar-refractivity contribution in [3.8, 4) is 18.1 Å². The van der Waals surface area contributed by atoms with Crippen LogP contribution in [0.25, 0.3) is 16.8 Å². The van der Waals surface area contributed by atoms with Gasteiger partial charge in [0.1, 0.15) is 17.9 Å². The maximum Gasteiger partial charge on any atom is 0.335 e. The molecule has 0 spiro atoms. The van der Waals surface area contributed by atoms with Crippen molar-refractivity contribution in [1.29, 1.82) is 0 Å². The Bertz CT molecular complexity index is 1350. The van der Waals surface area contributed by atoms with Crippen molar-refractivity contribution >= 4 is 52.0 Å². The SMILES string of the molecule is C#CCOc1ccc2ccccc2c1/C=C1\C(=O)NC(=O)N(c2ccc(C)c(Cl)c2)C1=O. The Morgan fingerprint density at radius 2 is 1.91 bits per heavy atom. The minimum Gasteiger partial charge on any atom is -0.480 e. The number of amides is 4. The number of benzene rings is 3. The van der Waals surface area contributed by atoms with Gasteiger partial charge < -0.3 is 4.74 Å². The smallest absolute Gasteiger partial charge is 0.335 e. The van der Waals surface area contributed by atoms with Gasteiger partial charge in [-0.2, -0.15) is 0 Å². The number of imide groups is 2. The molecule has 0 bridgehead atoms. The fourth-order valence-electron chi connectivity index (χ4n) is 3.43. The molecular weight excluding hydrogens is 428 g/mol. The van der Waals surface area contributed by atoms with Crippen molar-refractivity contribution < 1.29 is 19.1 Å². The number of barbiturate groups is 1. The first kappa shape index (κ1) is 21.2. The summed E-state index contributed by atoms with van der Waals surface area (Å²) in [4.78, 5) is 39.3. The average Bonchev–Trinajstić information content (AvgIpc) is 2.77. The van der Waals surface area contributed by atoms with E-state index in [1.807, 2.05) is 30.3 Å². The molecule has 0 aliphatic carbocycles.